The number of piperidine rings is 2. The predicted molar refractivity (Wildman–Crippen MR) is 90.4 cm³/mol. The molecule has 2 fully saturated rings. The summed E-state index contributed by atoms with van der Waals surface area (Å²) in [6.45, 7) is 3.23. The summed E-state index contributed by atoms with van der Waals surface area (Å²) in [6.07, 6.45) is 3.34. The van der Waals surface area contributed by atoms with Gasteiger partial charge in [0, 0.05) is 44.0 Å². The van der Waals surface area contributed by atoms with Gasteiger partial charge in [-0.15, -0.1) is 0 Å². The maximum atomic E-state index is 11.0. The van der Waals surface area contributed by atoms with Crippen molar-refractivity contribution in [3.63, 3.8) is 0 Å². The minimum atomic E-state index is -0.804. The molecule has 3 rings (SSSR count). The lowest BCUT2D eigenvalue weighted by atomic mass is 9.79. The predicted octanol–water partition coefficient (Wildman–Crippen LogP) is 3.20. The topological polar surface area (TPSA) is 86.9 Å². The van der Waals surface area contributed by atoms with E-state index in [1.165, 1.54) is 4.90 Å². The SMILES string of the molecule is O=C(O)N1CCC(C2CCN(c3ccc([N+](=O)[O-])cc3)CC2)CC1. The van der Waals surface area contributed by atoms with Crippen molar-refractivity contribution in [2.75, 3.05) is 31.1 Å². The monoisotopic (exact) mass is 333 g/mol. The van der Waals surface area contributed by atoms with Crippen LogP contribution in [0.1, 0.15) is 25.7 Å². The van der Waals surface area contributed by atoms with Crippen molar-refractivity contribution < 1.29 is 14.8 Å². The van der Waals surface area contributed by atoms with E-state index in [4.69, 9.17) is 5.11 Å². The van der Waals surface area contributed by atoms with Crippen LogP contribution < -0.4 is 4.90 Å². The summed E-state index contributed by atoms with van der Waals surface area (Å²) in [5.41, 5.74) is 1.17. The third-order valence-electron chi connectivity index (χ3n) is 5.44. The lowest BCUT2D eigenvalue weighted by Crippen LogP contribution is -2.42. The van der Waals surface area contributed by atoms with Crippen LogP contribution in [-0.2, 0) is 0 Å². The van der Waals surface area contributed by atoms with E-state index in [2.05, 4.69) is 4.90 Å². The van der Waals surface area contributed by atoms with Crippen molar-refractivity contribution >= 4 is 17.5 Å². The molecule has 2 heterocycles. The first-order valence-electron chi connectivity index (χ1n) is 8.52. The number of nitrogens with zero attached hydrogens (tertiary/aromatic N) is 3. The van der Waals surface area contributed by atoms with Crippen LogP contribution in [0.3, 0.4) is 0 Å². The minimum absolute atomic E-state index is 0.124. The molecule has 0 aromatic heterocycles. The van der Waals surface area contributed by atoms with Gasteiger partial charge in [-0.25, -0.2) is 4.79 Å². The quantitative estimate of drug-likeness (QED) is 0.678. The second-order valence-corrected chi connectivity index (χ2v) is 6.71. The minimum Gasteiger partial charge on any atom is -0.465 e. The lowest BCUT2D eigenvalue weighted by Gasteiger charge is -2.40. The maximum Gasteiger partial charge on any atom is 0.407 e. The van der Waals surface area contributed by atoms with E-state index >= 15 is 0 Å². The van der Waals surface area contributed by atoms with Crippen LogP contribution in [0.5, 0.6) is 0 Å². The Hall–Kier alpha value is -2.31. The van der Waals surface area contributed by atoms with Gasteiger partial charge in [0.1, 0.15) is 0 Å². The van der Waals surface area contributed by atoms with Gasteiger partial charge in [-0.05, 0) is 49.7 Å². The summed E-state index contributed by atoms with van der Waals surface area (Å²) in [6, 6.07) is 6.76. The van der Waals surface area contributed by atoms with E-state index in [0.29, 0.717) is 24.9 Å². The Balaban J connectivity index is 1.51. The molecule has 1 N–H and O–H groups in total. The fourth-order valence-corrected chi connectivity index (χ4v) is 3.98. The second kappa shape index (κ2) is 7.07. The fraction of sp³-hybridized carbons (Fsp3) is 0.588. The van der Waals surface area contributed by atoms with Crippen molar-refractivity contribution in [3.05, 3.63) is 34.4 Å². The molecule has 0 spiro atoms. The van der Waals surface area contributed by atoms with E-state index in [9.17, 15) is 14.9 Å². The van der Waals surface area contributed by atoms with Gasteiger partial charge in [-0.1, -0.05) is 0 Å². The summed E-state index contributed by atoms with van der Waals surface area (Å²) < 4.78 is 0. The number of likely N-dealkylation sites (tertiary alicyclic amines) is 1. The third kappa shape index (κ3) is 3.60. The number of nitro benzene ring substituents is 1. The average molecular weight is 333 g/mol. The zero-order chi connectivity index (χ0) is 17.1. The Kier molecular flexibility index (Phi) is 4.87. The van der Waals surface area contributed by atoms with E-state index in [-0.39, 0.29) is 10.6 Å². The molecule has 1 aromatic carbocycles. The van der Waals surface area contributed by atoms with Crippen molar-refractivity contribution in [1.29, 1.82) is 0 Å². The fourth-order valence-electron chi connectivity index (χ4n) is 3.98. The van der Waals surface area contributed by atoms with Crippen LogP contribution in [0.15, 0.2) is 24.3 Å². The molecule has 0 unspecified atom stereocenters. The van der Waals surface area contributed by atoms with Crippen LogP contribution in [0.4, 0.5) is 16.2 Å². The van der Waals surface area contributed by atoms with Gasteiger partial charge < -0.3 is 14.9 Å². The zero-order valence-corrected chi connectivity index (χ0v) is 13.6. The molecule has 2 aliphatic heterocycles. The number of nitro groups is 1. The van der Waals surface area contributed by atoms with Crippen molar-refractivity contribution in [2.24, 2.45) is 11.8 Å². The van der Waals surface area contributed by atoms with Gasteiger partial charge in [0.05, 0.1) is 4.92 Å². The molecule has 24 heavy (non-hydrogen) atoms. The highest BCUT2D eigenvalue weighted by atomic mass is 16.6. The summed E-state index contributed by atoms with van der Waals surface area (Å²) >= 11 is 0. The molecule has 0 radical (unpaired) electrons. The Bertz CT molecular complexity index is 588. The lowest BCUT2D eigenvalue weighted by molar-refractivity contribution is -0.384. The Labute approximate surface area is 141 Å². The Morgan fingerprint density at radius 2 is 1.50 bits per heavy atom. The molecule has 1 amide bonds. The van der Waals surface area contributed by atoms with E-state index in [1.54, 1.807) is 12.1 Å². The molecule has 0 atom stereocenters. The molecule has 1 aromatic rings. The standard InChI is InChI=1S/C17H23N3O4/c21-17(22)19-11-7-14(8-12-19)13-5-9-18(10-6-13)15-1-3-16(4-2-15)20(23)24/h1-4,13-14H,5-12H2,(H,21,22). The van der Waals surface area contributed by atoms with Gasteiger partial charge in [-0.2, -0.15) is 0 Å². The number of anilines is 1. The summed E-state index contributed by atoms with van der Waals surface area (Å²) in [5, 5.41) is 19.8. The molecular weight excluding hydrogens is 310 g/mol. The first-order chi connectivity index (χ1) is 11.5. The Morgan fingerprint density at radius 1 is 1.00 bits per heavy atom. The highest BCUT2D eigenvalue weighted by Gasteiger charge is 2.30. The van der Waals surface area contributed by atoms with Crippen LogP contribution in [-0.4, -0.2) is 47.2 Å². The summed E-state index contributed by atoms with van der Waals surface area (Å²) in [4.78, 5) is 25.1. The number of hydrogen-bond donors (Lipinski definition) is 1. The Morgan fingerprint density at radius 3 is 1.96 bits per heavy atom. The van der Waals surface area contributed by atoms with E-state index in [1.807, 2.05) is 12.1 Å². The first kappa shape index (κ1) is 16.5. The van der Waals surface area contributed by atoms with E-state index in [0.717, 1.165) is 44.5 Å². The van der Waals surface area contributed by atoms with Crippen LogP contribution in [0, 0.1) is 22.0 Å². The highest BCUT2D eigenvalue weighted by molar-refractivity contribution is 5.65. The molecule has 0 saturated carbocycles. The zero-order valence-electron chi connectivity index (χ0n) is 13.6. The van der Waals surface area contributed by atoms with Gasteiger partial charge in [-0.3, -0.25) is 10.1 Å². The summed E-state index contributed by atoms with van der Waals surface area (Å²) in [7, 11) is 0. The molecule has 7 nitrogen and oxygen atoms in total. The van der Waals surface area contributed by atoms with Crippen LogP contribution in [0.2, 0.25) is 0 Å². The normalized spacial score (nSPS) is 20.2. The second-order valence-electron chi connectivity index (χ2n) is 6.71. The number of benzene rings is 1. The summed E-state index contributed by atoms with van der Waals surface area (Å²) in [5.74, 6) is 1.29. The number of carboxylic acid groups (broad SMARTS) is 1. The average Bonchev–Trinajstić information content (AvgIpc) is 2.62. The van der Waals surface area contributed by atoms with Gasteiger partial charge in [0.25, 0.3) is 5.69 Å². The first-order valence-corrected chi connectivity index (χ1v) is 8.52. The highest BCUT2D eigenvalue weighted by Crippen LogP contribution is 2.34. The third-order valence-corrected chi connectivity index (χ3v) is 5.44. The molecule has 0 aliphatic carbocycles. The van der Waals surface area contributed by atoms with Crippen molar-refractivity contribution in [3.8, 4) is 0 Å². The van der Waals surface area contributed by atoms with E-state index < -0.39 is 6.09 Å². The smallest absolute Gasteiger partial charge is 0.407 e. The molecule has 2 saturated heterocycles. The van der Waals surface area contributed by atoms with Gasteiger partial charge >= 0.3 is 6.09 Å². The molecule has 130 valence electrons. The number of carbonyl (C=O) groups is 1. The molecule has 7 heteroatoms. The number of amides is 1. The van der Waals surface area contributed by atoms with Crippen LogP contribution in [0.25, 0.3) is 0 Å². The number of hydrogen-bond acceptors (Lipinski definition) is 4. The van der Waals surface area contributed by atoms with Crippen molar-refractivity contribution in [2.45, 2.75) is 25.7 Å². The molecule has 2 aliphatic rings. The van der Waals surface area contributed by atoms with Crippen molar-refractivity contribution in [1.82, 2.24) is 4.90 Å². The largest absolute Gasteiger partial charge is 0.465 e. The molecular formula is C17H23N3O4. The van der Waals surface area contributed by atoms with Gasteiger partial charge in [0.2, 0.25) is 0 Å². The maximum absolute atomic E-state index is 11.0. The van der Waals surface area contributed by atoms with Crippen LogP contribution >= 0.6 is 0 Å². The van der Waals surface area contributed by atoms with Gasteiger partial charge in [0.15, 0.2) is 0 Å². The number of rotatable bonds is 3. The molecule has 0 bridgehead atoms. The number of non-ortho nitro benzene ring substituents is 1.